The summed E-state index contributed by atoms with van der Waals surface area (Å²) in [6, 6.07) is 3.12. The second kappa shape index (κ2) is 12.4. The molecule has 2 aliphatic rings. The molecule has 4 N–H and O–H groups in total. The first-order valence-electron chi connectivity index (χ1n) is 13.7. The number of halogens is 1. The molecule has 1 saturated heterocycles. The number of pyridine rings is 1. The van der Waals surface area contributed by atoms with Crippen LogP contribution in [0.25, 0.3) is 10.9 Å². The van der Waals surface area contributed by atoms with E-state index >= 15 is 0 Å². The number of carbonyl (C=O) groups is 5. The number of piperazine rings is 1. The fourth-order valence-electron chi connectivity index (χ4n) is 5.22. The predicted octanol–water partition coefficient (Wildman–Crippen LogP) is 2.93. The Balaban J connectivity index is 1.84. The monoisotopic (exact) mass is 604 g/mol. The van der Waals surface area contributed by atoms with Crippen LogP contribution in [-0.2, 0) is 19.1 Å². The van der Waals surface area contributed by atoms with Gasteiger partial charge < -0.3 is 35.2 Å². The van der Waals surface area contributed by atoms with Gasteiger partial charge in [-0.05, 0) is 57.2 Å². The number of rotatable bonds is 10. The maximum atomic E-state index is 14.0. The maximum absolute atomic E-state index is 14.0. The number of ether oxygens (including phenoxy) is 2. The number of carbonyl (C=O) groups excluding carboxylic acids is 3. The molecule has 1 aromatic heterocycles. The molecule has 1 aromatic carbocycles. The Kier molecular flexibility index (Phi) is 9.09. The Bertz CT molecular complexity index is 1430. The van der Waals surface area contributed by atoms with E-state index in [2.05, 4.69) is 4.98 Å². The number of fused-ring (bicyclic) bond motifs is 1. The molecule has 4 rings (SSSR count). The van der Waals surface area contributed by atoms with E-state index < -0.39 is 47.8 Å². The summed E-state index contributed by atoms with van der Waals surface area (Å²) in [4.78, 5) is 70.5. The van der Waals surface area contributed by atoms with Crippen molar-refractivity contribution < 1.29 is 43.7 Å². The Morgan fingerprint density at radius 2 is 1.74 bits per heavy atom. The molecule has 14 heteroatoms. The maximum Gasteiger partial charge on any atom is 0.409 e. The van der Waals surface area contributed by atoms with Crippen LogP contribution >= 0.6 is 11.6 Å². The van der Waals surface area contributed by atoms with E-state index in [-0.39, 0.29) is 80.0 Å². The number of aryl methyl sites for hydroxylation is 1. The number of nitrogens with zero attached hydrogens (tertiary/aromatic N) is 3. The zero-order chi connectivity index (χ0) is 30.8. The smallest absolute Gasteiger partial charge is 0.409 e. The molecule has 1 aliphatic heterocycles. The number of benzene rings is 1. The van der Waals surface area contributed by atoms with Crippen LogP contribution in [0.1, 0.15) is 66.6 Å². The lowest BCUT2D eigenvalue weighted by atomic mass is 9.80. The molecular formula is C28H33ClN4O9. The third-order valence-electron chi connectivity index (χ3n) is 7.73. The third kappa shape index (κ3) is 6.06. The molecule has 2 fully saturated rings. The van der Waals surface area contributed by atoms with Crippen molar-refractivity contribution in [1.82, 2.24) is 14.8 Å². The number of hydrogen-bond donors (Lipinski definition) is 3. The van der Waals surface area contributed by atoms with Crippen molar-refractivity contribution in [3.8, 4) is 5.75 Å². The van der Waals surface area contributed by atoms with Crippen LogP contribution in [0.3, 0.4) is 0 Å². The van der Waals surface area contributed by atoms with Gasteiger partial charge in [0, 0.05) is 43.0 Å². The lowest BCUT2D eigenvalue weighted by molar-refractivity contribution is -0.163. The third-order valence-corrected chi connectivity index (χ3v) is 8.14. The van der Waals surface area contributed by atoms with Gasteiger partial charge in [-0.2, -0.15) is 0 Å². The van der Waals surface area contributed by atoms with Gasteiger partial charge in [0.15, 0.2) is 0 Å². The van der Waals surface area contributed by atoms with Crippen molar-refractivity contribution in [2.24, 2.45) is 5.73 Å². The highest BCUT2D eigenvalue weighted by Gasteiger charge is 2.48. The second-order valence-corrected chi connectivity index (χ2v) is 10.8. The fraction of sp³-hybridized carbons (Fsp3) is 0.500. The minimum atomic E-state index is -1.60. The minimum absolute atomic E-state index is 0.121. The number of carboxylic acid groups (broad SMARTS) is 2. The van der Waals surface area contributed by atoms with E-state index in [9.17, 15) is 34.2 Å². The van der Waals surface area contributed by atoms with Crippen molar-refractivity contribution in [1.29, 1.82) is 0 Å². The average molecular weight is 605 g/mol. The Hall–Kier alpha value is -4.13. The van der Waals surface area contributed by atoms with Gasteiger partial charge in [-0.15, -0.1) is 0 Å². The molecule has 226 valence electrons. The molecule has 0 radical (unpaired) electrons. The highest BCUT2D eigenvalue weighted by Crippen LogP contribution is 2.44. The van der Waals surface area contributed by atoms with Crippen LogP contribution in [0.15, 0.2) is 12.1 Å². The standard InChI is InChI=1S/C28H33ClN4O9/c1-3-41-27(40)33-11-9-32(10-12-33)25(37)16(5-6-20(34)35)22-21(24(30)36)23(42-28(26(38)39)7-4-8-28)17-13-15(2)18(29)14-19(17)31-22/h13-14,16H,3-12H2,1-2H3,(H2,30,36)(H,34,35)(H,38,39). The molecule has 1 saturated carbocycles. The summed E-state index contributed by atoms with van der Waals surface area (Å²) in [5, 5.41) is 20.1. The lowest BCUT2D eigenvalue weighted by Crippen LogP contribution is -2.52. The summed E-state index contributed by atoms with van der Waals surface area (Å²) < 4.78 is 11.2. The first-order chi connectivity index (χ1) is 19.9. The number of hydrogen-bond acceptors (Lipinski definition) is 8. The molecule has 0 spiro atoms. The second-order valence-electron chi connectivity index (χ2n) is 10.4. The van der Waals surface area contributed by atoms with Crippen molar-refractivity contribution in [3.63, 3.8) is 0 Å². The summed E-state index contributed by atoms with van der Waals surface area (Å²) >= 11 is 6.38. The lowest BCUT2D eigenvalue weighted by Gasteiger charge is -2.39. The molecule has 3 amide bonds. The van der Waals surface area contributed by atoms with Gasteiger partial charge in [-0.25, -0.2) is 9.59 Å². The molecule has 13 nitrogen and oxygen atoms in total. The van der Waals surface area contributed by atoms with Gasteiger partial charge in [-0.3, -0.25) is 19.4 Å². The molecule has 1 aliphatic carbocycles. The van der Waals surface area contributed by atoms with Crippen LogP contribution < -0.4 is 10.5 Å². The number of carboxylic acids is 2. The van der Waals surface area contributed by atoms with E-state index in [1.807, 2.05) is 0 Å². The van der Waals surface area contributed by atoms with E-state index in [1.54, 1.807) is 19.9 Å². The van der Waals surface area contributed by atoms with Gasteiger partial charge in [0.2, 0.25) is 11.5 Å². The van der Waals surface area contributed by atoms with Crippen molar-refractivity contribution in [3.05, 3.63) is 34.0 Å². The van der Waals surface area contributed by atoms with Crippen LogP contribution in [0.4, 0.5) is 4.79 Å². The summed E-state index contributed by atoms with van der Waals surface area (Å²) in [5.74, 6) is -5.29. The number of aliphatic carboxylic acids is 2. The zero-order valence-corrected chi connectivity index (χ0v) is 24.1. The van der Waals surface area contributed by atoms with Crippen LogP contribution in [0, 0.1) is 6.92 Å². The Morgan fingerprint density at radius 3 is 2.26 bits per heavy atom. The molecule has 42 heavy (non-hydrogen) atoms. The number of aromatic nitrogens is 1. The Morgan fingerprint density at radius 1 is 1.10 bits per heavy atom. The first kappa shape index (κ1) is 30.8. The SMILES string of the molecule is CCOC(=O)N1CCN(C(=O)C(CCC(=O)O)c2nc3cc(Cl)c(C)cc3c(OC3(C(=O)O)CCC3)c2C(N)=O)CC1. The largest absolute Gasteiger partial charge is 0.481 e. The molecule has 1 atom stereocenters. The predicted molar refractivity (Wildman–Crippen MR) is 150 cm³/mol. The van der Waals surface area contributed by atoms with Gasteiger partial charge >= 0.3 is 18.0 Å². The summed E-state index contributed by atoms with van der Waals surface area (Å²) in [7, 11) is 0. The molecule has 1 unspecified atom stereocenters. The number of nitrogens with two attached hydrogens (primary N) is 1. The van der Waals surface area contributed by atoms with Crippen LogP contribution in [-0.4, -0.2) is 93.2 Å². The van der Waals surface area contributed by atoms with Gasteiger partial charge in [-0.1, -0.05) is 11.6 Å². The molecule has 0 bridgehead atoms. The van der Waals surface area contributed by atoms with Crippen LogP contribution in [0.2, 0.25) is 5.02 Å². The highest BCUT2D eigenvalue weighted by atomic mass is 35.5. The summed E-state index contributed by atoms with van der Waals surface area (Å²) in [6.45, 7) is 4.26. The van der Waals surface area contributed by atoms with Gasteiger partial charge in [0.25, 0.3) is 5.91 Å². The number of amides is 3. The average Bonchev–Trinajstić information content (AvgIpc) is 2.91. The minimum Gasteiger partial charge on any atom is -0.481 e. The van der Waals surface area contributed by atoms with E-state index in [4.69, 9.17) is 26.8 Å². The summed E-state index contributed by atoms with van der Waals surface area (Å²) in [6.07, 6.45) is -0.181. The van der Waals surface area contributed by atoms with Crippen molar-refractivity contribution >= 4 is 52.4 Å². The van der Waals surface area contributed by atoms with Gasteiger partial charge in [0.05, 0.1) is 23.7 Å². The fourth-order valence-corrected chi connectivity index (χ4v) is 5.38. The van der Waals surface area contributed by atoms with E-state index in [0.29, 0.717) is 17.0 Å². The van der Waals surface area contributed by atoms with E-state index in [0.717, 1.165) is 0 Å². The van der Waals surface area contributed by atoms with Crippen LogP contribution in [0.5, 0.6) is 5.75 Å². The molecule has 2 heterocycles. The molecule has 2 aromatic rings. The quantitative estimate of drug-likeness (QED) is 0.363. The summed E-state index contributed by atoms with van der Waals surface area (Å²) in [5.41, 5.74) is 4.67. The highest BCUT2D eigenvalue weighted by molar-refractivity contribution is 6.32. The first-order valence-corrected chi connectivity index (χ1v) is 14.0. The number of primary amides is 1. The van der Waals surface area contributed by atoms with Crippen molar-refractivity contribution in [2.75, 3.05) is 32.8 Å². The Labute approximate surface area is 246 Å². The van der Waals surface area contributed by atoms with Crippen molar-refractivity contribution in [2.45, 2.75) is 57.5 Å². The topological polar surface area (TPSA) is 190 Å². The molecular weight excluding hydrogens is 572 g/mol. The zero-order valence-electron chi connectivity index (χ0n) is 23.4. The normalized spacial score (nSPS) is 16.8. The van der Waals surface area contributed by atoms with Gasteiger partial charge in [0.1, 0.15) is 11.3 Å². The van der Waals surface area contributed by atoms with E-state index in [1.165, 1.54) is 15.9 Å².